The molecule has 0 aliphatic carbocycles. The van der Waals surface area contributed by atoms with E-state index in [9.17, 15) is 15.0 Å². The second-order valence-corrected chi connectivity index (χ2v) is 3.53. The van der Waals surface area contributed by atoms with E-state index in [1.54, 1.807) is 0 Å². The van der Waals surface area contributed by atoms with Gasteiger partial charge in [-0.3, -0.25) is 4.98 Å². The molecule has 1 aromatic rings. The Balaban J connectivity index is 2.76. The maximum Gasteiger partial charge on any atom is 0.335 e. The average Bonchev–Trinajstić information content (AvgIpc) is 2.38. The van der Waals surface area contributed by atoms with Crippen molar-refractivity contribution in [1.29, 1.82) is 0 Å². The topological polar surface area (TPSA) is 139 Å². The van der Waals surface area contributed by atoms with Crippen LogP contribution in [0.3, 0.4) is 0 Å². The maximum atomic E-state index is 10.7. The molecule has 3 N–H and O–H groups in total. The van der Waals surface area contributed by atoms with Crippen molar-refractivity contribution in [2.75, 3.05) is 6.54 Å². The van der Waals surface area contributed by atoms with E-state index in [-0.39, 0.29) is 24.2 Å². The third-order valence-corrected chi connectivity index (χ3v) is 2.28. The summed E-state index contributed by atoms with van der Waals surface area (Å²) in [6.07, 6.45) is -1.20. The van der Waals surface area contributed by atoms with Crippen LogP contribution in [0, 0.1) is 0 Å². The molecule has 0 bridgehead atoms. The fraction of sp³-hybridized carbons (Fsp3) is 0.400. The number of aromatic carboxylic acids is 1. The van der Waals surface area contributed by atoms with E-state index in [4.69, 9.17) is 10.6 Å². The zero-order chi connectivity index (χ0) is 13.5. The van der Waals surface area contributed by atoms with Gasteiger partial charge in [0.05, 0.1) is 17.4 Å². The zero-order valence-corrected chi connectivity index (χ0v) is 9.34. The highest BCUT2D eigenvalue weighted by atomic mass is 16.4. The molecule has 0 saturated heterocycles. The largest absolute Gasteiger partial charge is 0.478 e. The van der Waals surface area contributed by atoms with Gasteiger partial charge in [-0.25, -0.2) is 4.79 Å². The van der Waals surface area contributed by atoms with Crippen LogP contribution in [0.2, 0.25) is 0 Å². The maximum absolute atomic E-state index is 10.7. The monoisotopic (exact) mass is 252 g/mol. The van der Waals surface area contributed by atoms with Gasteiger partial charge in [-0.2, -0.15) is 0 Å². The lowest BCUT2D eigenvalue weighted by atomic mass is 10.1. The van der Waals surface area contributed by atoms with Crippen molar-refractivity contribution < 1.29 is 20.1 Å². The van der Waals surface area contributed by atoms with E-state index in [0.717, 1.165) is 0 Å². The molecular weight excluding hydrogens is 240 g/mol. The highest BCUT2D eigenvalue weighted by Crippen LogP contribution is 2.18. The summed E-state index contributed by atoms with van der Waals surface area (Å²) in [5.74, 6) is -1.14. The van der Waals surface area contributed by atoms with E-state index >= 15 is 0 Å². The Morgan fingerprint density at radius 1 is 1.56 bits per heavy atom. The third kappa shape index (κ3) is 3.70. The van der Waals surface area contributed by atoms with Gasteiger partial charge in [0.2, 0.25) is 0 Å². The second kappa shape index (κ2) is 6.55. The lowest BCUT2D eigenvalue weighted by Gasteiger charge is -2.16. The van der Waals surface area contributed by atoms with Gasteiger partial charge in [-0.05, 0) is 24.1 Å². The van der Waals surface area contributed by atoms with Crippen LogP contribution < -0.4 is 0 Å². The standard InChI is InChI=1S/C10H12N4O4/c11-14-13-4-2-8(15)9(16)7-5-6(10(17)18)1-3-12-7/h1,3,5,8-9,15-16H,2,4H2,(H,17,18). The Bertz CT molecular complexity index is 473. The van der Waals surface area contributed by atoms with E-state index < -0.39 is 18.2 Å². The molecule has 2 atom stereocenters. The van der Waals surface area contributed by atoms with Gasteiger partial charge < -0.3 is 15.3 Å². The number of hydrogen-bond acceptors (Lipinski definition) is 5. The van der Waals surface area contributed by atoms with Crippen LogP contribution in [0.5, 0.6) is 0 Å². The summed E-state index contributed by atoms with van der Waals surface area (Å²) in [7, 11) is 0. The summed E-state index contributed by atoms with van der Waals surface area (Å²) >= 11 is 0. The van der Waals surface area contributed by atoms with Crippen molar-refractivity contribution in [2.24, 2.45) is 5.11 Å². The zero-order valence-electron chi connectivity index (χ0n) is 9.34. The SMILES string of the molecule is [N-]=[N+]=NCCC(O)C(O)c1cc(C(=O)O)ccn1. The molecule has 2 unspecified atom stereocenters. The quantitative estimate of drug-likeness (QED) is 0.391. The summed E-state index contributed by atoms with van der Waals surface area (Å²) in [4.78, 5) is 17.0. The predicted octanol–water partition coefficient (Wildman–Crippen LogP) is 0.875. The molecule has 1 aromatic heterocycles. The van der Waals surface area contributed by atoms with Crippen LogP contribution in [-0.4, -0.2) is 38.9 Å². The summed E-state index contributed by atoms with van der Waals surface area (Å²) in [5.41, 5.74) is 8.10. The predicted molar refractivity (Wildman–Crippen MR) is 60.8 cm³/mol. The summed E-state index contributed by atoms with van der Waals surface area (Å²) in [5, 5.41) is 31.4. The van der Waals surface area contributed by atoms with Gasteiger partial charge in [-0.15, -0.1) is 0 Å². The molecule has 18 heavy (non-hydrogen) atoms. The third-order valence-electron chi connectivity index (χ3n) is 2.28. The number of nitrogens with zero attached hydrogens (tertiary/aromatic N) is 4. The van der Waals surface area contributed by atoms with E-state index in [1.165, 1.54) is 18.3 Å². The van der Waals surface area contributed by atoms with Crippen LogP contribution >= 0.6 is 0 Å². The number of carboxylic acids is 1. The highest BCUT2D eigenvalue weighted by Gasteiger charge is 2.20. The highest BCUT2D eigenvalue weighted by molar-refractivity contribution is 5.87. The van der Waals surface area contributed by atoms with Crippen molar-refractivity contribution in [3.63, 3.8) is 0 Å². The lowest BCUT2D eigenvalue weighted by Crippen LogP contribution is -2.20. The summed E-state index contributed by atoms with van der Waals surface area (Å²) < 4.78 is 0. The molecule has 0 amide bonds. The van der Waals surface area contributed by atoms with Crippen molar-refractivity contribution in [1.82, 2.24) is 4.98 Å². The van der Waals surface area contributed by atoms with E-state index in [0.29, 0.717) is 0 Å². The molecule has 0 saturated carbocycles. The molecule has 0 fully saturated rings. The number of pyridine rings is 1. The van der Waals surface area contributed by atoms with E-state index in [2.05, 4.69) is 15.0 Å². The van der Waals surface area contributed by atoms with Crippen LogP contribution in [0.4, 0.5) is 0 Å². The summed E-state index contributed by atoms with van der Waals surface area (Å²) in [6.45, 7) is 0.0351. The molecule has 0 spiro atoms. The Hall–Kier alpha value is -2.15. The lowest BCUT2D eigenvalue weighted by molar-refractivity contribution is 0.0124. The number of aliphatic hydroxyl groups is 2. The Labute approximate surface area is 102 Å². The number of aromatic nitrogens is 1. The molecule has 1 heterocycles. The fourth-order valence-corrected chi connectivity index (χ4v) is 1.33. The second-order valence-electron chi connectivity index (χ2n) is 3.53. The molecule has 1 rings (SSSR count). The normalized spacial score (nSPS) is 13.4. The molecule has 0 aliphatic heterocycles. The number of rotatable bonds is 6. The molecule has 8 nitrogen and oxygen atoms in total. The minimum atomic E-state index is -1.32. The fourth-order valence-electron chi connectivity index (χ4n) is 1.33. The number of hydrogen-bond donors (Lipinski definition) is 3. The molecule has 0 radical (unpaired) electrons. The number of carbonyl (C=O) groups is 1. The smallest absolute Gasteiger partial charge is 0.335 e. The van der Waals surface area contributed by atoms with Crippen LogP contribution in [0.15, 0.2) is 23.4 Å². The van der Waals surface area contributed by atoms with Gasteiger partial charge in [0.1, 0.15) is 6.10 Å². The first kappa shape index (κ1) is 13.9. The van der Waals surface area contributed by atoms with Crippen LogP contribution in [0.25, 0.3) is 10.4 Å². The first-order valence-electron chi connectivity index (χ1n) is 5.12. The van der Waals surface area contributed by atoms with E-state index in [1.807, 2.05) is 0 Å². The van der Waals surface area contributed by atoms with Crippen LogP contribution in [0.1, 0.15) is 28.6 Å². The summed E-state index contributed by atoms with van der Waals surface area (Å²) in [6, 6.07) is 2.47. The first-order chi connectivity index (χ1) is 8.56. The number of azide groups is 1. The Morgan fingerprint density at radius 2 is 2.28 bits per heavy atom. The van der Waals surface area contributed by atoms with Gasteiger partial charge >= 0.3 is 5.97 Å². The molecule has 8 heteroatoms. The molecule has 96 valence electrons. The molecule has 0 aliphatic rings. The Kier molecular flexibility index (Phi) is 5.06. The van der Waals surface area contributed by atoms with Crippen LogP contribution in [-0.2, 0) is 0 Å². The first-order valence-corrected chi connectivity index (χ1v) is 5.12. The average molecular weight is 252 g/mol. The van der Waals surface area contributed by atoms with Crippen molar-refractivity contribution in [2.45, 2.75) is 18.6 Å². The van der Waals surface area contributed by atoms with Crippen molar-refractivity contribution in [3.8, 4) is 0 Å². The van der Waals surface area contributed by atoms with Gasteiger partial charge in [-0.1, -0.05) is 5.11 Å². The minimum Gasteiger partial charge on any atom is -0.478 e. The Morgan fingerprint density at radius 3 is 2.89 bits per heavy atom. The minimum absolute atomic E-state index is 0.0266. The van der Waals surface area contributed by atoms with Gasteiger partial charge in [0, 0.05) is 17.7 Å². The number of carboxylic acid groups (broad SMARTS) is 1. The van der Waals surface area contributed by atoms with Crippen molar-refractivity contribution in [3.05, 3.63) is 40.0 Å². The van der Waals surface area contributed by atoms with Gasteiger partial charge in [0.25, 0.3) is 0 Å². The van der Waals surface area contributed by atoms with Crippen molar-refractivity contribution >= 4 is 5.97 Å². The number of aliphatic hydroxyl groups excluding tert-OH is 2. The molecular formula is C10H12N4O4. The van der Waals surface area contributed by atoms with Gasteiger partial charge in [0.15, 0.2) is 0 Å². The molecule has 0 aromatic carbocycles.